The van der Waals surface area contributed by atoms with Crippen LogP contribution in [0.5, 0.6) is 0 Å². The number of carboxylic acid groups (broad SMARTS) is 1. The number of hydrogen-bond donors (Lipinski definition) is 3. The Hall–Kier alpha value is -1.79. The number of nitrogens with one attached hydrogen (secondary N) is 2. The summed E-state index contributed by atoms with van der Waals surface area (Å²) in [5, 5.41) is 11.3. The van der Waals surface area contributed by atoms with Crippen molar-refractivity contribution in [3.8, 4) is 0 Å². The van der Waals surface area contributed by atoms with E-state index in [2.05, 4.69) is 14.7 Å². The molecule has 1 unspecified atom stereocenters. The number of aromatic nitrogens is 2. The Kier molecular flexibility index (Phi) is 5.43. The molecule has 1 amide bonds. The van der Waals surface area contributed by atoms with Gasteiger partial charge < -0.3 is 9.84 Å². The molecular formula is C10H16N4O6S2. The van der Waals surface area contributed by atoms with Crippen molar-refractivity contribution < 1.29 is 27.9 Å². The van der Waals surface area contributed by atoms with Crippen LogP contribution in [0.15, 0.2) is 0 Å². The van der Waals surface area contributed by atoms with Gasteiger partial charge in [0.25, 0.3) is 0 Å². The maximum atomic E-state index is 11.5. The first-order valence-electron chi connectivity index (χ1n) is 5.91. The highest BCUT2D eigenvalue weighted by atomic mass is 32.2. The minimum Gasteiger partial charge on any atom is -0.480 e. The molecule has 0 aliphatic heterocycles. The van der Waals surface area contributed by atoms with Crippen LogP contribution in [0.1, 0.15) is 32.6 Å². The minimum atomic E-state index is -3.77. The molecule has 1 rings (SSSR count). The minimum absolute atomic E-state index is 0.00852. The maximum Gasteiger partial charge on any atom is 0.414 e. The second kappa shape index (κ2) is 6.54. The first-order valence-corrected chi connectivity index (χ1v) is 8.57. The Morgan fingerprint density at radius 1 is 1.36 bits per heavy atom. The van der Waals surface area contributed by atoms with Crippen molar-refractivity contribution in [2.45, 2.75) is 32.4 Å². The maximum absolute atomic E-state index is 11.5. The van der Waals surface area contributed by atoms with Crippen molar-refractivity contribution in [1.29, 1.82) is 0 Å². The summed E-state index contributed by atoms with van der Waals surface area (Å²) < 4.78 is 32.9. The average molecular weight is 352 g/mol. The molecule has 0 radical (unpaired) electrons. The molecule has 0 aromatic carbocycles. The molecule has 0 bridgehead atoms. The smallest absolute Gasteiger partial charge is 0.414 e. The molecule has 0 spiro atoms. The molecule has 0 aliphatic carbocycles. The lowest BCUT2D eigenvalue weighted by Crippen LogP contribution is -2.33. The van der Waals surface area contributed by atoms with E-state index in [0.29, 0.717) is 11.5 Å². The lowest BCUT2D eigenvalue weighted by molar-refractivity contribution is -0.139. The number of ether oxygens (including phenoxy) is 1. The van der Waals surface area contributed by atoms with Gasteiger partial charge in [-0.05, 0) is 20.8 Å². The fraction of sp³-hybridized carbons (Fsp3) is 0.600. The molecule has 0 fully saturated rings. The van der Waals surface area contributed by atoms with Crippen LogP contribution in [0.4, 0.5) is 9.93 Å². The molecule has 124 valence electrons. The molecule has 0 saturated heterocycles. The van der Waals surface area contributed by atoms with E-state index in [4.69, 9.17) is 9.84 Å². The Balaban J connectivity index is 2.85. The third-order valence-corrected chi connectivity index (χ3v) is 3.20. The van der Waals surface area contributed by atoms with Crippen LogP contribution >= 0.6 is 11.5 Å². The molecule has 0 saturated carbocycles. The van der Waals surface area contributed by atoms with Gasteiger partial charge >= 0.3 is 12.1 Å². The van der Waals surface area contributed by atoms with Crippen LogP contribution in [0.3, 0.4) is 0 Å². The Labute approximate surface area is 131 Å². The number of nitrogens with zero attached hydrogens (tertiary/aromatic N) is 2. The summed E-state index contributed by atoms with van der Waals surface area (Å²) in [6.45, 7) is 5.03. The third-order valence-electron chi connectivity index (χ3n) is 1.89. The molecule has 10 nitrogen and oxygen atoms in total. The highest BCUT2D eigenvalue weighted by Crippen LogP contribution is 2.18. The number of sulfonamides is 1. The number of hydrogen-bond acceptors (Lipinski definition) is 8. The lowest BCUT2D eigenvalue weighted by Gasteiger charge is -2.18. The molecular weight excluding hydrogens is 336 g/mol. The number of aliphatic carboxylic acids is 1. The van der Waals surface area contributed by atoms with E-state index in [0.717, 1.165) is 6.26 Å². The summed E-state index contributed by atoms with van der Waals surface area (Å²) in [7, 11) is -3.77. The number of amides is 1. The predicted molar refractivity (Wildman–Crippen MR) is 78.1 cm³/mol. The van der Waals surface area contributed by atoms with Crippen LogP contribution in [-0.4, -0.2) is 46.8 Å². The summed E-state index contributed by atoms with van der Waals surface area (Å²) in [6, 6.07) is -1.64. The molecule has 1 atom stereocenters. The van der Waals surface area contributed by atoms with Gasteiger partial charge in [-0.3, -0.25) is 5.32 Å². The first kappa shape index (κ1) is 18.3. The largest absolute Gasteiger partial charge is 0.480 e. The quantitative estimate of drug-likeness (QED) is 0.696. The second-order valence-electron chi connectivity index (χ2n) is 5.25. The first-order chi connectivity index (χ1) is 9.87. The van der Waals surface area contributed by atoms with Gasteiger partial charge in [-0.25, -0.2) is 23.0 Å². The Morgan fingerprint density at radius 2 is 1.95 bits per heavy atom. The van der Waals surface area contributed by atoms with E-state index in [1.807, 2.05) is 4.72 Å². The summed E-state index contributed by atoms with van der Waals surface area (Å²) in [5.74, 6) is -1.75. The predicted octanol–water partition coefficient (Wildman–Crippen LogP) is 0.560. The van der Waals surface area contributed by atoms with Gasteiger partial charge in [0.05, 0.1) is 6.26 Å². The molecule has 1 aromatic rings. The van der Waals surface area contributed by atoms with Gasteiger partial charge in [0.15, 0.2) is 11.9 Å². The summed E-state index contributed by atoms with van der Waals surface area (Å²) in [4.78, 5) is 26.4. The standard InChI is InChI=1S/C10H16N4O6S2/c1-10(2,3)20-9(17)12-8-11-6(13-21-8)5(7(15)16)14-22(4,18)19/h5,14H,1-4H3,(H,15,16)(H,11,12,13,17). The second-order valence-corrected chi connectivity index (χ2v) is 7.78. The number of carbonyl (C=O) groups excluding carboxylic acids is 1. The van der Waals surface area contributed by atoms with Gasteiger partial charge in [0.2, 0.25) is 15.2 Å². The highest BCUT2D eigenvalue weighted by Gasteiger charge is 2.28. The van der Waals surface area contributed by atoms with Crippen LogP contribution < -0.4 is 10.0 Å². The van der Waals surface area contributed by atoms with Crippen LogP contribution in [0.25, 0.3) is 0 Å². The number of carbonyl (C=O) groups is 2. The van der Waals surface area contributed by atoms with E-state index >= 15 is 0 Å². The zero-order chi connectivity index (χ0) is 17.1. The van der Waals surface area contributed by atoms with Crippen LogP contribution in [0, 0.1) is 0 Å². The average Bonchev–Trinajstić information content (AvgIpc) is 2.69. The Bertz CT molecular complexity index is 663. The van der Waals surface area contributed by atoms with E-state index in [9.17, 15) is 18.0 Å². The fourth-order valence-electron chi connectivity index (χ4n) is 1.22. The number of carboxylic acids is 1. The van der Waals surface area contributed by atoms with Crippen LogP contribution in [-0.2, 0) is 19.6 Å². The van der Waals surface area contributed by atoms with Crippen LogP contribution in [0.2, 0.25) is 0 Å². The van der Waals surface area contributed by atoms with E-state index in [1.54, 1.807) is 20.8 Å². The number of anilines is 1. The van der Waals surface area contributed by atoms with E-state index in [1.165, 1.54) is 0 Å². The molecule has 0 aliphatic rings. The molecule has 1 heterocycles. The van der Waals surface area contributed by atoms with Crippen molar-refractivity contribution in [1.82, 2.24) is 14.1 Å². The number of rotatable bonds is 5. The van der Waals surface area contributed by atoms with Crippen molar-refractivity contribution in [2.24, 2.45) is 0 Å². The third kappa shape index (κ3) is 6.32. The summed E-state index contributed by atoms with van der Waals surface area (Å²) >= 11 is 0.704. The lowest BCUT2D eigenvalue weighted by atomic mass is 10.2. The van der Waals surface area contributed by atoms with Gasteiger partial charge in [-0.15, -0.1) is 0 Å². The van der Waals surface area contributed by atoms with Gasteiger partial charge in [-0.1, -0.05) is 0 Å². The zero-order valence-electron chi connectivity index (χ0n) is 12.3. The van der Waals surface area contributed by atoms with Crippen molar-refractivity contribution in [3.63, 3.8) is 0 Å². The SMILES string of the molecule is CC(C)(C)OC(=O)Nc1nc(C(NS(C)(=O)=O)C(=O)O)ns1. The van der Waals surface area contributed by atoms with Crippen molar-refractivity contribution in [2.75, 3.05) is 11.6 Å². The Morgan fingerprint density at radius 3 is 2.41 bits per heavy atom. The highest BCUT2D eigenvalue weighted by molar-refractivity contribution is 7.88. The van der Waals surface area contributed by atoms with E-state index in [-0.39, 0.29) is 11.0 Å². The van der Waals surface area contributed by atoms with Crippen molar-refractivity contribution >= 4 is 38.7 Å². The summed E-state index contributed by atoms with van der Waals surface area (Å²) in [5.41, 5.74) is -0.709. The van der Waals surface area contributed by atoms with Crippen molar-refractivity contribution in [3.05, 3.63) is 5.82 Å². The van der Waals surface area contributed by atoms with E-state index < -0.39 is 33.7 Å². The molecule has 22 heavy (non-hydrogen) atoms. The monoisotopic (exact) mass is 352 g/mol. The van der Waals surface area contributed by atoms with Gasteiger partial charge in [0, 0.05) is 11.5 Å². The normalized spacial score (nSPS) is 13.5. The fourth-order valence-corrected chi connectivity index (χ4v) is 2.45. The van der Waals surface area contributed by atoms with Gasteiger partial charge in [-0.2, -0.15) is 9.10 Å². The van der Waals surface area contributed by atoms with Gasteiger partial charge in [0.1, 0.15) is 5.60 Å². The molecule has 3 N–H and O–H groups in total. The molecule has 1 aromatic heterocycles. The summed E-state index contributed by atoms with van der Waals surface area (Å²) in [6.07, 6.45) is 0.0352. The zero-order valence-corrected chi connectivity index (χ0v) is 13.9. The topological polar surface area (TPSA) is 148 Å². The molecule has 12 heteroatoms.